The molecule has 3 aromatic carbocycles. The molecule has 0 saturated carbocycles. The quantitative estimate of drug-likeness (QED) is 0.311. The van der Waals surface area contributed by atoms with E-state index in [1.54, 1.807) is 60.7 Å². The van der Waals surface area contributed by atoms with E-state index in [0.717, 1.165) is 14.3 Å². The van der Waals surface area contributed by atoms with Crippen LogP contribution in [0.25, 0.3) is 0 Å². The number of carbonyl (C=O) groups excluding carboxylic acids is 1. The van der Waals surface area contributed by atoms with Gasteiger partial charge in [0.15, 0.2) is 0 Å². The van der Waals surface area contributed by atoms with Crippen molar-refractivity contribution in [2.24, 2.45) is 5.10 Å². The average Bonchev–Trinajstić information content (AvgIpc) is 2.76. The van der Waals surface area contributed by atoms with Crippen molar-refractivity contribution in [3.8, 4) is 0 Å². The maximum Gasteiger partial charge on any atom is 0.255 e. The molecule has 0 spiro atoms. The molecule has 3 rings (SSSR count). The molecule has 0 aliphatic carbocycles. The van der Waals surface area contributed by atoms with E-state index in [1.165, 1.54) is 18.3 Å². The van der Waals surface area contributed by atoms with Crippen molar-refractivity contribution in [1.29, 1.82) is 0 Å². The van der Waals surface area contributed by atoms with Gasteiger partial charge in [-0.15, -0.1) is 0 Å². The number of hydrazone groups is 1. The molecular weight excluding hydrogens is 537 g/mol. The Kier molecular flexibility index (Phi) is 8.44. The molecule has 32 heavy (non-hydrogen) atoms. The van der Waals surface area contributed by atoms with Gasteiger partial charge < -0.3 is 0 Å². The number of rotatable bonds is 8. The zero-order valence-electron chi connectivity index (χ0n) is 16.6. The zero-order valence-corrected chi connectivity index (χ0v) is 20.5. The molecule has 0 atom stereocenters. The number of hydrogen-bond acceptors (Lipinski definition) is 4. The largest absolute Gasteiger partial charge is 0.272 e. The fraction of sp³-hybridized carbons (Fsp3) is 0.0909. The van der Waals surface area contributed by atoms with Gasteiger partial charge >= 0.3 is 0 Å². The maximum absolute atomic E-state index is 13.3. The van der Waals surface area contributed by atoms with E-state index in [1.807, 2.05) is 0 Å². The van der Waals surface area contributed by atoms with Crippen molar-refractivity contribution in [2.45, 2.75) is 11.4 Å². The Labute approximate surface area is 205 Å². The Morgan fingerprint density at radius 3 is 2.31 bits per heavy atom. The molecule has 0 aliphatic heterocycles. The monoisotopic (exact) mass is 553 g/mol. The minimum atomic E-state index is -3.98. The number of benzene rings is 3. The number of amides is 1. The van der Waals surface area contributed by atoms with E-state index in [9.17, 15) is 13.2 Å². The summed E-state index contributed by atoms with van der Waals surface area (Å²) >= 11 is 15.4. The van der Waals surface area contributed by atoms with Crippen molar-refractivity contribution in [3.05, 3.63) is 98.4 Å². The Morgan fingerprint density at radius 1 is 1.00 bits per heavy atom. The third-order valence-electron chi connectivity index (χ3n) is 4.35. The fourth-order valence-corrected chi connectivity index (χ4v) is 4.68. The Balaban J connectivity index is 1.80. The van der Waals surface area contributed by atoms with Crippen LogP contribution in [0, 0.1) is 0 Å². The van der Waals surface area contributed by atoms with Gasteiger partial charge in [-0.2, -0.15) is 9.41 Å². The van der Waals surface area contributed by atoms with Crippen LogP contribution in [0.3, 0.4) is 0 Å². The number of nitrogens with zero attached hydrogens (tertiary/aromatic N) is 2. The number of hydrogen-bond donors (Lipinski definition) is 1. The molecule has 0 unspecified atom stereocenters. The second kappa shape index (κ2) is 11.1. The van der Waals surface area contributed by atoms with Crippen LogP contribution in [0.2, 0.25) is 10.0 Å². The van der Waals surface area contributed by atoms with Gasteiger partial charge in [-0.1, -0.05) is 69.5 Å². The summed E-state index contributed by atoms with van der Waals surface area (Å²) in [5, 5.41) is 4.88. The molecule has 0 heterocycles. The van der Waals surface area contributed by atoms with Gasteiger partial charge in [-0.05, 0) is 53.6 Å². The van der Waals surface area contributed by atoms with Crippen molar-refractivity contribution in [1.82, 2.24) is 9.73 Å². The van der Waals surface area contributed by atoms with Crippen LogP contribution in [-0.4, -0.2) is 31.4 Å². The second-order valence-electron chi connectivity index (χ2n) is 6.66. The lowest BCUT2D eigenvalue weighted by atomic mass is 10.2. The first-order valence-electron chi connectivity index (χ1n) is 9.32. The molecule has 10 heteroatoms. The molecule has 6 nitrogen and oxygen atoms in total. The summed E-state index contributed by atoms with van der Waals surface area (Å²) in [6.07, 6.45) is 1.44. The van der Waals surface area contributed by atoms with Gasteiger partial charge in [0.2, 0.25) is 10.0 Å². The van der Waals surface area contributed by atoms with Crippen LogP contribution >= 0.6 is 39.1 Å². The van der Waals surface area contributed by atoms with Crippen LogP contribution in [0.1, 0.15) is 11.1 Å². The van der Waals surface area contributed by atoms with Crippen molar-refractivity contribution in [3.63, 3.8) is 0 Å². The molecule has 0 bridgehead atoms. The first kappa shape index (κ1) is 24.4. The van der Waals surface area contributed by atoms with Gasteiger partial charge in [0.05, 0.1) is 17.7 Å². The number of sulfonamides is 1. The zero-order chi connectivity index (χ0) is 23.1. The highest BCUT2D eigenvalue weighted by Gasteiger charge is 2.27. The molecule has 0 fully saturated rings. The molecule has 3 aromatic rings. The Hall–Kier alpha value is -2.23. The Morgan fingerprint density at radius 2 is 1.66 bits per heavy atom. The summed E-state index contributed by atoms with van der Waals surface area (Å²) in [4.78, 5) is 12.6. The van der Waals surface area contributed by atoms with Gasteiger partial charge in [0, 0.05) is 21.1 Å². The predicted octanol–water partition coefficient (Wildman–Crippen LogP) is 5.10. The van der Waals surface area contributed by atoms with E-state index in [0.29, 0.717) is 15.6 Å². The summed E-state index contributed by atoms with van der Waals surface area (Å²) < 4.78 is 28.3. The summed E-state index contributed by atoms with van der Waals surface area (Å²) in [6.45, 7) is -0.520. The fourth-order valence-electron chi connectivity index (χ4n) is 2.72. The molecule has 1 amide bonds. The predicted molar refractivity (Wildman–Crippen MR) is 130 cm³/mol. The number of carbonyl (C=O) groups is 1. The van der Waals surface area contributed by atoms with E-state index in [-0.39, 0.29) is 11.4 Å². The second-order valence-corrected chi connectivity index (χ2v) is 10.4. The summed E-state index contributed by atoms with van der Waals surface area (Å²) in [5.41, 5.74) is 3.66. The summed E-state index contributed by atoms with van der Waals surface area (Å²) in [5.74, 6) is -0.594. The molecule has 0 saturated heterocycles. The SMILES string of the molecule is O=C(CN(Cc1ccccc1Cl)S(=O)(=O)c1ccc(Br)cc1)N/N=C/c1ccc(Cl)cc1. The molecular formula is C22H18BrCl2N3O3S. The van der Waals surface area contributed by atoms with Gasteiger partial charge in [-0.25, -0.2) is 13.8 Å². The topological polar surface area (TPSA) is 78.8 Å². The lowest BCUT2D eigenvalue weighted by Crippen LogP contribution is -2.39. The lowest BCUT2D eigenvalue weighted by Gasteiger charge is -2.22. The average molecular weight is 555 g/mol. The minimum Gasteiger partial charge on any atom is -0.272 e. The third-order valence-corrected chi connectivity index (χ3v) is 7.30. The van der Waals surface area contributed by atoms with E-state index in [2.05, 4.69) is 26.5 Å². The molecule has 0 radical (unpaired) electrons. The van der Waals surface area contributed by atoms with Crippen LogP contribution in [-0.2, 0) is 21.4 Å². The molecule has 166 valence electrons. The smallest absolute Gasteiger partial charge is 0.255 e. The first-order chi connectivity index (χ1) is 15.3. The summed E-state index contributed by atoms with van der Waals surface area (Å²) in [7, 11) is -3.98. The normalized spacial score (nSPS) is 11.8. The highest BCUT2D eigenvalue weighted by atomic mass is 79.9. The van der Waals surface area contributed by atoms with Crippen LogP contribution in [0.4, 0.5) is 0 Å². The van der Waals surface area contributed by atoms with Crippen molar-refractivity contribution >= 4 is 61.3 Å². The lowest BCUT2D eigenvalue weighted by molar-refractivity contribution is -0.121. The first-order valence-corrected chi connectivity index (χ1v) is 12.3. The van der Waals surface area contributed by atoms with Crippen LogP contribution in [0.5, 0.6) is 0 Å². The van der Waals surface area contributed by atoms with E-state index >= 15 is 0 Å². The van der Waals surface area contributed by atoms with E-state index < -0.39 is 22.5 Å². The minimum absolute atomic E-state index is 0.0604. The third kappa shape index (κ3) is 6.63. The number of nitrogens with one attached hydrogen (secondary N) is 1. The van der Waals surface area contributed by atoms with Crippen LogP contribution in [0.15, 0.2) is 87.3 Å². The van der Waals surface area contributed by atoms with Crippen molar-refractivity contribution in [2.75, 3.05) is 6.54 Å². The summed E-state index contributed by atoms with van der Waals surface area (Å²) in [6, 6.07) is 19.9. The highest BCUT2D eigenvalue weighted by Crippen LogP contribution is 2.23. The maximum atomic E-state index is 13.3. The molecule has 1 N–H and O–H groups in total. The van der Waals surface area contributed by atoms with Gasteiger partial charge in [-0.3, -0.25) is 4.79 Å². The standard InChI is InChI=1S/C22H18BrCl2N3O3S/c23-18-7-11-20(12-8-18)32(30,31)28(14-17-3-1-2-4-21(17)25)15-22(29)27-26-13-16-5-9-19(24)10-6-16/h1-13H,14-15H2,(H,27,29)/b26-13+. The van der Waals surface area contributed by atoms with Crippen LogP contribution < -0.4 is 5.43 Å². The Bertz CT molecular complexity index is 1220. The van der Waals surface area contributed by atoms with Gasteiger partial charge in [0.25, 0.3) is 5.91 Å². The van der Waals surface area contributed by atoms with Crippen molar-refractivity contribution < 1.29 is 13.2 Å². The van der Waals surface area contributed by atoms with E-state index in [4.69, 9.17) is 23.2 Å². The molecule has 0 aliphatic rings. The highest BCUT2D eigenvalue weighted by molar-refractivity contribution is 9.10. The number of halogens is 3. The van der Waals surface area contributed by atoms with Gasteiger partial charge in [0.1, 0.15) is 0 Å². The molecule has 0 aromatic heterocycles.